The standard InChI is InChI=1S/C14H16ClN3O/c15-11-6-7-13(10(9-11)3-2-8-16)18-14(19)17-12-4-1-5-12/h6-7,9,12H,1,4-5,8,16H2,(H2,17,18,19). The lowest BCUT2D eigenvalue weighted by atomic mass is 9.93. The zero-order chi connectivity index (χ0) is 13.7. The van der Waals surface area contributed by atoms with Crippen LogP contribution < -0.4 is 16.4 Å². The predicted molar refractivity (Wildman–Crippen MR) is 77.2 cm³/mol. The van der Waals surface area contributed by atoms with Gasteiger partial charge in [0.25, 0.3) is 0 Å². The van der Waals surface area contributed by atoms with Crippen LogP contribution in [0.5, 0.6) is 0 Å². The molecule has 0 atom stereocenters. The van der Waals surface area contributed by atoms with Crippen LogP contribution in [0.4, 0.5) is 10.5 Å². The molecule has 100 valence electrons. The fourth-order valence-electron chi connectivity index (χ4n) is 1.77. The molecule has 1 saturated carbocycles. The molecule has 4 nitrogen and oxygen atoms in total. The monoisotopic (exact) mass is 277 g/mol. The number of amides is 2. The van der Waals surface area contributed by atoms with Gasteiger partial charge in [0.15, 0.2) is 0 Å². The number of hydrogen-bond donors (Lipinski definition) is 3. The second-order valence-electron chi connectivity index (χ2n) is 4.42. The lowest BCUT2D eigenvalue weighted by Crippen LogP contribution is -2.41. The Labute approximate surface area is 117 Å². The molecule has 5 heteroatoms. The van der Waals surface area contributed by atoms with Crippen molar-refractivity contribution in [2.24, 2.45) is 5.73 Å². The average Bonchev–Trinajstić information content (AvgIpc) is 2.34. The van der Waals surface area contributed by atoms with Gasteiger partial charge in [-0.2, -0.15) is 0 Å². The van der Waals surface area contributed by atoms with Crippen LogP contribution in [-0.2, 0) is 0 Å². The van der Waals surface area contributed by atoms with Gasteiger partial charge in [-0.3, -0.25) is 0 Å². The van der Waals surface area contributed by atoms with Crippen LogP contribution in [0.25, 0.3) is 0 Å². The summed E-state index contributed by atoms with van der Waals surface area (Å²) in [4.78, 5) is 11.8. The Morgan fingerprint density at radius 3 is 2.89 bits per heavy atom. The van der Waals surface area contributed by atoms with Gasteiger partial charge in [0.2, 0.25) is 0 Å². The molecule has 0 spiro atoms. The number of halogens is 1. The predicted octanol–water partition coefficient (Wildman–Crippen LogP) is 2.32. The maximum atomic E-state index is 11.8. The number of rotatable bonds is 2. The summed E-state index contributed by atoms with van der Waals surface area (Å²) >= 11 is 5.92. The van der Waals surface area contributed by atoms with E-state index in [0.29, 0.717) is 22.3 Å². The van der Waals surface area contributed by atoms with E-state index in [4.69, 9.17) is 17.3 Å². The molecular weight excluding hydrogens is 262 g/mol. The van der Waals surface area contributed by atoms with Crippen LogP contribution in [0.3, 0.4) is 0 Å². The summed E-state index contributed by atoms with van der Waals surface area (Å²) in [6.07, 6.45) is 3.28. The second-order valence-corrected chi connectivity index (χ2v) is 4.86. The quantitative estimate of drug-likeness (QED) is 0.726. The van der Waals surface area contributed by atoms with E-state index in [0.717, 1.165) is 12.8 Å². The van der Waals surface area contributed by atoms with Gasteiger partial charge in [-0.15, -0.1) is 0 Å². The van der Waals surface area contributed by atoms with E-state index in [1.807, 2.05) is 0 Å². The summed E-state index contributed by atoms with van der Waals surface area (Å²) < 4.78 is 0. The van der Waals surface area contributed by atoms with Crippen LogP contribution in [0.2, 0.25) is 5.02 Å². The first-order valence-corrected chi connectivity index (χ1v) is 6.63. The van der Waals surface area contributed by atoms with Crippen molar-refractivity contribution in [2.75, 3.05) is 11.9 Å². The van der Waals surface area contributed by atoms with Crippen molar-refractivity contribution in [2.45, 2.75) is 25.3 Å². The number of anilines is 1. The van der Waals surface area contributed by atoms with Crippen molar-refractivity contribution in [3.05, 3.63) is 28.8 Å². The number of benzene rings is 1. The van der Waals surface area contributed by atoms with Crippen molar-refractivity contribution in [3.63, 3.8) is 0 Å². The van der Waals surface area contributed by atoms with Gasteiger partial charge >= 0.3 is 6.03 Å². The molecule has 0 bridgehead atoms. The number of carbonyl (C=O) groups is 1. The lowest BCUT2D eigenvalue weighted by molar-refractivity contribution is 0.240. The highest BCUT2D eigenvalue weighted by atomic mass is 35.5. The van der Waals surface area contributed by atoms with Crippen molar-refractivity contribution < 1.29 is 4.79 Å². The third-order valence-electron chi connectivity index (χ3n) is 3.00. The highest BCUT2D eigenvalue weighted by Gasteiger charge is 2.19. The number of nitrogens with one attached hydrogen (secondary N) is 2. The molecular formula is C14H16ClN3O. The molecule has 19 heavy (non-hydrogen) atoms. The molecule has 1 aliphatic rings. The Morgan fingerprint density at radius 2 is 2.26 bits per heavy atom. The van der Waals surface area contributed by atoms with Crippen LogP contribution >= 0.6 is 11.6 Å². The molecule has 0 aromatic heterocycles. The molecule has 0 heterocycles. The van der Waals surface area contributed by atoms with Gasteiger partial charge in [-0.1, -0.05) is 23.4 Å². The summed E-state index contributed by atoms with van der Waals surface area (Å²) in [5.41, 5.74) is 6.66. The van der Waals surface area contributed by atoms with E-state index < -0.39 is 0 Å². The molecule has 0 unspecified atom stereocenters. The first-order chi connectivity index (χ1) is 9.19. The Bertz CT molecular complexity index is 529. The minimum absolute atomic E-state index is 0.206. The Kier molecular flexibility index (Phi) is 4.67. The van der Waals surface area contributed by atoms with Gasteiger partial charge in [0.1, 0.15) is 0 Å². The zero-order valence-corrected chi connectivity index (χ0v) is 11.3. The highest BCUT2D eigenvalue weighted by Crippen LogP contribution is 2.21. The largest absolute Gasteiger partial charge is 0.335 e. The first-order valence-electron chi connectivity index (χ1n) is 6.25. The van der Waals surface area contributed by atoms with Crippen LogP contribution in [0, 0.1) is 11.8 Å². The molecule has 1 aromatic rings. The Hall–Kier alpha value is -1.70. The van der Waals surface area contributed by atoms with Crippen LogP contribution in [-0.4, -0.2) is 18.6 Å². The second kappa shape index (κ2) is 6.46. The topological polar surface area (TPSA) is 67.1 Å². The first kappa shape index (κ1) is 13.7. The molecule has 1 aliphatic carbocycles. The Morgan fingerprint density at radius 1 is 1.47 bits per heavy atom. The van der Waals surface area contributed by atoms with E-state index in [1.165, 1.54) is 6.42 Å². The number of nitrogens with two attached hydrogens (primary N) is 1. The number of carbonyl (C=O) groups excluding carboxylic acids is 1. The van der Waals surface area contributed by atoms with Crippen LogP contribution in [0.1, 0.15) is 24.8 Å². The van der Waals surface area contributed by atoms with E-state index in [2.05, 4.69) is 22.5 Å². The van der Waals surface area contributed by atoms with Crippen molar-refractivity contribution in [1.29, 1.82) is 0 Å². The smallest absolute Gasteiger partial charge is 0.319 e. The molecule has 0 saturated heterocycles. The summed E-state index contributed by atoms with van der Waals surface area (Å²) in [5, 5.41) is 6.28. The lowest BCUT2D eigenvalue weighted by Gasteiger charge is -2.26. The molecule has 1 fully saturated rings. The molecule has 0 radical (unpaired) electrons. The fraction of sp³-hybridized carbons (Fsp3) is 0.357. The highest BCUT2D eigenvalue weighted by molar-refractivity contribution is 6.30. The molecule has 2 rings (SSSR count). The van der Waals surface area contributed by atoms with Crippen molar-refractivity contribution in [1.82, 2.24) is 5.32 Å². The number of urea groups is 1. The average molecular weight is 278 g/mol. The molecule has 2 amide bonds. The summed E-state index contributed by atoms with van der Waals surface area (Å²) in [6.45, 7) is 0.264. The van der Waals surface area contributed by atoms with E-state index in [1.54, 1.807) is 18.2 Å². The summed E-state index contributed by atoms with van der Waals surface area (Å²) in [6, 6.07) is 5.26. The summed E-state index contributed by atoms with van der Waals surface area (Å²) in [5.74, 6) is 5.65. The van der Waals surface area contributed by atoms with Gasteiger partial charge in [0.05, 0.1) is 12.2 Å². The van der Waals surface area contributed by atoms with Crippen LogP contribution in [0.15, 0.2) is 18.2 Å². The number of hydrogen-bond acceptors (Lipinski definition) is 2. The normalized spacial score (nSPS) is 14.0. The Balaban J connectivity index is 2.07. The van der Waals surface area contributed by atoms with E-state index in [-0.39, 0.29) is 12.6 Å². The maximum absolute atomic E-state index is 11.8. The fourth-order valence-corrected chi connectivity index (χ4v) is 1.94. The minimum Gasteiger partial charge on any atom is -0.335 e. The molecule has 4 N–H and O–H groups in total. The van der Waals surface area contributed by atoms with Gasteiger partial charge in [0, 0.05) is 16.6 Å². The van der Waals surface area contributed by atoms with Crippen molar-refractivity contribution >= 4 is 23.3 Å². The zero-order valence-electron chi connectivity index (χ0n) is 10.5. The maximum Gasteiger partial charge on any atom is 0.319 e. The summed E-state index contributed by atoms with van der Waals surface area (Å²) in [7, 11) is 0. The van der Waals surface area contributed by atoms with Gasteiger partial charge in [-0.25, -0.2) is 4.79 Å². The minimum atomic E-state index is -0.206. The van der Waals surface area contributed by atoms with Gasteiger partial charge in [-0.05, 0) is 37.5 Å². The third kappa shape index (κ3) is 3.88. The van der Waals surface area contributed by atoms with Crippen molar-refractivity contribution in [3.8, 4) is 11.8 Å². The van der Waals surface area contributed by atoms with E-state index in [9.17, 15) is 4.79 Å². The van der Waals surface area contributed by atoms with Gasteiger partial charge < -0.3 is 16.4 Å². The molecule has 0 aliphatic heterocycles. The molecule has 1 aromatic carbocycles. The van der Waals surface area contributed by atoms with E-state index >= 15 is 0 Å². The SMILES string of the molecule is NCC#Cc1cc(Cl)ccc1NC(=O)NC1CCC1. The third-order valence-corrected chi connectivity index (χ3v) is 3.23.